The third kappa shape index (κ3) is 3.44. The molecule has 0 aromatic carbocycles. The quantitative estimate of drug-likeness (QED) is 0.659. The smallest absolute Gasteiger partial charge is 0.146 e. The van der Waals surface area contributed by atoms with Crippen LogP contribution in [-0.2, 0) is 9.53 Å². The Bertz CT molecular complexity index is 172. The molecule has 0 aromatic heterocycles. The summed E-state index contributed by atoms with van der Waals surface area (Å²) in [5.41, 5.74) is 0. The van der Waals surface area contributed by atoms with Crippen molar-refractivity contribution < 1.29 is 9.53 Å². The first-order chi connectivity index (χ1) is 6.11. The molecule has 3 nitrogen and oxygen atoms in total. The highest BCUT2D eigenvalue weighted by Gasteiger charge is 2.22. The lowest BCUT2D eigenvalue weighted by Gasteiger charge is -2.34. The summed E-state index contributed by atoms with van der Waals surface area (Å²) in [7, 11) is 0. The van der Waals surface area contributed by atoms with Gasteiger partial charge in [-0.1, -0.05) is 6.92 Å². The molecule has 0 aliphatic carbocycles. The van der Waals surface area contributed by atoms with Crippen LogP contribution in [0.4, 0.5) is 0 Å². The van der Waals surface area contributed by atoms with Crippen LogP contribution in [0.25, 0.3) is 0 Å². The number of morpholine rings is 1. The van der Waals surface area contributed by atoms with Gasteiger partial charge in [-0.25, -0.2) is 0 Å². The third-order valence-corrected chi connectivity index (χ3v) is 2.29. The normalized spacial score (nSPS) is 30.4. The average Bonchev–Trinajstić information content (AvgIpc) is 2.02. The molecule has 13 heavy (non-hydrogen) atoms. The summed E-state index contributed by atoms with van der Waals surface area (Å²) in [5, 5.41) is 0. The largest absolute Gasteiger partial charge is 0.373 e. The molecular weight excluding hydrogens is 166 g/mol. The van der Waals surface area contributed by atoms with Crippen LogP contribution in [0.15, 0.2) is 0 Å². The first kappa shape index (κ1) is 10.7. The zero-order chi connectivity index (χ0) is 9.84. The number of carbonyl (C=O) groups is 1. The Hall–Kier alpha value is -0.410. The van der Waals surface area contributed by atoms with Crippen LogP contribution in [0.5, 0.6) is 0 Å². The van der Waals surface area contributed by atoms with Gasteiger partial charge in [0, 0.05) is 19.5 Å². The van der Waals surface area contributed by atoms with Gasteiger partial charge in [0.2, 0.25) is 0 Å². The summed E-state index contributed by atoms with van der Waals surface area (Å²) >= 11 is 0. The fourth-order valence-corrected chi connectivity index (χ4v) is 1.77. The molecule has 1 fully saturated rings. The molecule has 1 aliphatic rings. The average molecular weight is 185 g/mol. The van der Waals surface area contributed by atoms with E-state index in [1.54, 1.807) is 0 Å². The minimum Gasteiger partial charge on any atom is -0.373 e. The molecule has 0 N–H and O–H groups in total. The Morgan fingerprint density at radius 1 is 1.38 bits per heavy atom. The summed E-state index contributed by atoms with van der Waals surface area (Å²) in [4.78, 5) is 13.4. The number of nitrogens with zero attached hydrogens (tertiary/aromatic N) is 1. The minimum atomic E-state index is 0.258. The molecule has 1 saturated heterocycles. The van der Waals surface area contributed by atoms with E-state index in [1.807, 2.05) is 6.92 Å². The Morgan fingerprint density at radius 3 is 2.38 bits per heavy atom. The monoisotopic (exact) mass is 185 g/mol. The molecule has 0 amide bonds. The predicted octanol–water partition coefficient (Wildman–Crippen LogP) is 1.07. The summed E-state index contributed by atoms with van der Waals surface area (Å²) in [5.74, 6) is 0.321. The Kier molecular flexibility index (Phi) is 3.88. The van der Waals surface area contributed by atoms with Crippen LogP contribution in [0, 0.1) is 0 Å². The number of ether oxygens (including phenoxy) is 1. The van der Waals surface area contributed by atoms with E-state index < -0.39 is 0 Å². The summed E-state index contributed by atoms with van der Waals surface area (Å²) < 4.78 is 5.58. The van der Waals surface area contributed by atoms with E-state index in [4.69, 9.17) is 4.74 Å². The first-order valence-electron chi connectivity index (χ1n) is 5.01. The maximum absolute atomic E-state index is 11.2. The second-order valence-electron chi connectivity index (χ2n) is 3.84. The van der Waals surface area contributed by atoms with Crippen molar-refractivity contribution in [1.82, 2.24) is 4.90 Å². The van der Waals surface area contributed by atoms with E-state index in [0.29, 0.717) is 18.7 Å². The van der Waals surface area contributed by atoms with Crippen molar-refractivity contribution in [2.24, 2.45) is 0 Å². The molecule has 1 heterocycles. The molecule has 1 aliphatic heterocycles. The third-order valence-electron chi connectivity index (χ3n) is 2.29. The van der Waals surface area contributed by atoms with Gasteiger partial charge in [0.15, 0.2) is 0 Å². The molecule has 0 spiro atoms. The molecule has 0 aromatic rings. The van der Waals surface area contributed by atoms with Gasteiger partial charge in [0.05, 0.1) is 18.8 Å². The van der Waals surface area contributed by atoms with Gasteiger partial charge in [-0.3, -0.25) is 9.69 Å². The fraction of sp³-hybridized carbons (Fsp3) is 0.900. The molecule has 1 rings (SSSR count). The van der Waals surface area contributed by atoms with Crippen LogP contribution < -0.4 is 0 Å². The topological polar surface area (TPSA) is 29.5 Å². The predicted molar refractivity (Wildman–Crippen MR) is 51.7 cm³/mol. The number of carbonyl (C=O) groups excluding carboxylic acids is 1. The van der Waals surface area contributed by atoms with E-state index in [-0.39, 0.29) is 12.2 Å². The highest BCUT2D eigenvalue weighted by Crippen LogP contribution is 2.10. The van der Waals surface area contributed by atoms with Crippen molar-refractivity contribution >= 4 is 5.78 Å². The van der Waals surface area contributed by atoms with Gasteiger partial charge in [-0.05, 0) is 13.8 Å². The minimum absolute atomic E-state index is 0.258. The van der Waals surface area contributed by atoms with E-state index >= 15 is 0 Å². The number of rotatable bonds is 3. The fourth-order valence-electron chi connectivity index (χ4n) is 1.77. The number of ketones is 1. The Balaban J connectivity index is 2.37. The molecule has 0 saturated carbocycles. The van der Waals surface area contributed by atoms with E-state index in [1.165, 1.54) is 0 Å². The number of hydrogen-bond donors (Lipinski definition) is 0. The summed E-state index contributed by atoms with van der Waals surface area (Å²) in [6.45, 7) is 8.38. The van der Waals surface area contributed by atoms with Crippen molar-refractivity contribution in [1.29, 1.82) is 0 Å². The lowest BCUT2D eigenvalue weighted by molar-refractivity contribution is -0.123. The lowest BCUT2D eigenvalue weighted by atomic mass is 10.2. The maximum Gasteiger partial charge on any atom is 0.146 e. The van der Waals surface area contributed by atoms with Crippen molar-refractivity contribution in [3.63, 3.8) is 0 Å². The molecule has 3 heteroatoms. The Morgan fingerprint density at radius 2 is 1.92 bits per heavy atom. The highest BCUT2D eigenvalue weighted by molar-refractivity contribution is 5.80. The zero-order valence-electron chi connectivity index (χ0n) is 8.75. The highest BCUT2D eigenvalue weighted by atomic mass is 16.5. The van der Waals surface area contributed by atoms with Gasteiger partial charge in [0.1, 0.15) is 5.78 Å². The van der Waals surface area contributed by atoms with Crippen molar-refractivity contribution in [2.75, 3.05) is 19.6 Å². The van der Waals surface area contributed by atoms with Gasteiger partial charge >= 0.3 is 0 Å². The van der Waals surface area contributed by atoms with Gasteiger partial charge < -0.3 is 4.74 Å². The second kappa shape index (κ2) is 4.72. The van der Waals surface area contributed by atoms with Crippen LogP contribution in [0.2, 0.25) is 0 Å². The Labute approximate surface area is 80.1 Å². The molecule has 0 radical (unpaired) electrons. The van der Waals surface area contributed by atoms with Gasteiger partial charge in [-0.2, -0.15) is 0 Å². The number of Topliss-reactive ketones (excluding diaryl/α,β-unsaturated/α-hetero) is 1. The zero-order valence-corrected chi connectivity index (χ0v) is 8.75. The van der Waals surface area contributed by atoms with Crippen LogP contribution in [0.3, 0.4) is 0 Å². The summed E-state index contributed by atoms with van der Waals surface area (Å²) in [6, 6.07) is 0. The molecular formula is C10H19NO2. The van der Waals surface area contributed by atoms with Crippen LogP contribution in [-0.4, -0.2) is 42.5 Å². The van der Waals surface area contributed by atoms with Gasteiger partial charge in [0.25, 0.3) is 0 Å². The molecule has 0 bridgehead atoms. The van der Waals surface area contributed by atoms with E-state index in [0.717, 1.165) is 13.1 Å². The first-order valence-corrected chi connectivity index (χ1v) is 5.01. The van der Waals surface area contributed by atoms with Gasteiger partial charge in [-0.15, -0.1) is 0 Å². The SMILES string of the molecule is CCC(=O)CN1CC(C)OC(C)C1. The molecule has 2 unspecified atom stereocenters. The molecule has 76 valence electrons. The van der Waals surface area contributed by atoms with Crippen molar-refractivity contribution in [3.8, 4) is 0 Å². The van der Waals surface area contributed by atoms with E-state index in [9.17, 15) is 4.79 Å². The molecule has 2 atom stereocenters. The standard InChI is InChI=1S/C10H19NO2/c1-4-10(12)7-11-5-8(2)13-9(3)6-11/h8-9H,4-7H2,1-3H3. The van der Waals surface area contributed by atoms with Crippen molar-refractivity contribution in [2.45, 2.75) is 39.4 Å². The van der Waals surface area contributed by atoms with E-state index in [2.05, 4.69) is 18.7 Å². The van der Waals surface area contributed by atoms with Crippen molar-refractivity contribution in [3.05, 3.63) is 0 Å². The number of hydrogen-bond acceptors (Lipinski definition) is 3. The van der Waals surface area contributed by atoms with Crippen LogP contribution >= 0.6 is 0 Å². The maximum atomic E-state index is 11.2. The lowest BCUT2D eigenvalue weighted by Crippen LogP contribution is -2.47. The summed E-state index contributed by atoms with van der Waals surface area (Å²) in [6.07, 6.45) is 1.15. The van der Waals surface area contributed by atoms with Crippen LogP contribution in [0.1, 0.15) is 27.2 Å². The second-order valence-corrected chi connectivity index (χ2v) is 3.84.